The van der Waals surface area contributed by atoms with Crippen molar-refractivity contribution in [1.82, 2.24) is 9.78 Å². The Morgan fingerprint density at radius 2 is 2.11 bits per heavy atom. The van der Waals surface area contributed by atoms with Crippen LogP contribution in [0, 0.1) is 0 Å². The highest BCUT2D eigenvalue weighted by Gasteiger charge is 2.13. The molecule has 0 aliphatic heterocycles. The first-order valence-electron chi connectivity index (χ1n) is 5.59. The summed E-state index contributed by atoms with van der Waals surface area (Å²) in [4.78, 5) is 12.0. The minimum absolute atomic E-state index is 0.239. The van der Waals surface area contributed by atoms with E-state index in [0.717, 1.165) is 18.5 Å². The van der Waals surface area contributed by atoms with E-state index in [4.69, 9.17) is 28.9 Å². The van der Waals surface area contributed by atoms with Crippen molar-refractivity contribution in [3.05, 3.63) is 44.3 Å². The Morgan fingerprint density at radius 3 is 2.72 bits per heavy atom. The largest absolute Gasteiger partial charge is 0.393 e. The Bertz CT molecular complexity index is 631. The minimum atomic E-state index is -0.289. The van der Waals surface area contributed by atoms with Crippen molar-refractivity contribution < 1.29 is 0 Å². The first-order chi connectivity index (χ1) is 8.54. The highest BCUT2D eigenvalue weighted by molar-refractivity contribution is 6.35. The average molecular weight is 286 g/mol. The molecule has 4 nitrogen and oxygen atoms in total. The average Bonchev–Trinajstić information content (AvgIpc) is 2.58. The second kappa shape index (κ2) is 5.08. The summed E-state index contributed by atoms with van der Waals surface area (Å²) in [6, 6.07) is 4.94. The molecule has 0 saturated heterocycles. The van der Waals surface area contributed by atoms with Gasteiger partial charge in [-0.3, -0.25) is 9.89 Å². The molecule has 1 aromatic carbocycles. The van der Waals surface area contributed by atoms with Crippen molar-refractivity contribution in [2.75, 3.05) is 5.73 Å². The molecule has 0 bridgehead atoms. The van der Waals surface area contributed by atoms with Gasteiger partial charge in [-0.1, -0.05) is 36.5 Å². The van der Waals surface area contributed by atoms with E-state index in [1.165, 1.54) is 4.68 Å². The molecule has 2 rings (SSSR count). The zero-order valence-corrected chi connectivity index (χ0v) is 11.3. The van der Waals surface area contributed by atoms with Gasteiger partial charge in [0, 0.05) is 5.02 Å². The molecular formula is C12H13Cl2N3O. The van der Waals surface area contributed by atoms with Crippen LogP contribution in [0.4, 0.5) is 5.69 Å². The molecule has 0 unspecified atom stereocenters. The summed E-state index contributed by atoms with van der Waals surface area (Å²) in [7, 11) is 0. The number of halogens is 2. The van der Waals surface area contributed by atoms with E-state index < -0.39 is 0 Å². The highest BCUT2D eigenvalue weighted by Crippen LogP contribution is 2.23. The molecule has 0 aliphatic carbocycles. The van der Waals surface area contributed by atoms with E-state index >= 15 is 0 Å². The third-order valence-electron chi connectivity index (χ3n) is 2.66. The van der Waals surface area contributed by atoms with Crippen molar-refractivity contribution >= 4 is 28.9 Å². The summed E-state index contributed by atoms with van der Waals surface area (Å²) >= 11 is 11.9. The number of aryl methyl sites for hydroxylation is 1. The molecule has 2 aromatic rings. The molecule has 0 atom stereocenters. The zero-order chi connectivity index (χ0) is 13.3. The van der Waals surface area contributed by atoms with Crippen molar-refractivity contribution in [2.24, 2.45) is 0 Å². The van der Waals surface area contributed by atoms with Crippen LogP contribution in [0.3, 0.4) is 0 Å². The number of anilines is 1. The van der Waals surface area contributed by atoms with Gasteiger partial charge >= 0.3 is 0 Å². The number of nitrogens with one attached hydrogen (secondary N) is 1. The van der Waals surface area contributed by atoms with Crippen LogP contribution in [0.5, 0.6) is 0 Å². The lowest BCUT2D eigenvalue weighted by atomic mass is 10.2. The number of aromatic nitrogens is 2. The van der Waals surface area contributed by atoms with Gasteiger partial charge in [-0.25, -0.2) is 4.68 Å². The van der Waals surface area contributed by atoms with Crippen LogP contribution in [-0.2, 0) is 6.42 Å². The van der Waals surface area contributed by atoms with Gasteiger partial charge in [0.1, 0.15) is 5.69 Å². The summed E-state index contributed by atoms with van der Waals surface area (Å²) in [5.41, 5.74) is 6.99. The molecule has 1 heterocycles. The first-order valence-corrected chi connectivity index (χ1v) is 6.35. The van der Waals surface area contributed by atoms with Crippen LogP contribution < -0.4 is 11.3 Å². The van der Waals surface area contributed by atoms with Crippen LogP contribution in [0.15, 0.2) is 23.0 Å². The van der Waals surface area contributed by atoms with Gasteiger partial charge in [-0.15, -0.1) is 0 Å². The number of nitrogens with zero attached hydrogens (tertiary/aromatic N) is 1. The smallest absolute Gasteiger partial charge is 0.294 e. The maximum atomic E-state index is 12.0. The van der Waals surface area contributed by atoms with Crippen molar-refractivity contribution in [3.8, 4) is 5.69 Å². The number of nitrogen functional groups attached to an aromatic ring is 1. The summed E-state index contributed by atoms with van der Waals surface area (Å²) in [6.07, 6.45) is 1.62. The molecule has 0 saturated carbocycles. The Morgan fingerprint density at radius 1 is 1.39 bits per heavy atom. The fourth-order valence-corrected chi connectivity index (χ4v) is 2.26. The molecule has 3 N–H and O–H groups in total. The Balaban J connectivity index is 2.57. The molecule has 0 fully saturated rings. The Labute approximate surface area is 114 Å². The number of nitrogens with two attached hydrogens (primary N) is 1. The van der Waals surface area contributed by atoms with Crippen LogP contribution in [0.25, 0.3) is 5.69 Å². The van der Waals surface area contributed by atoms with E-state index in [-0.39, 0.29) is 11.2 Å². The van der Waals surface area contributed by atoms with Gasteiger partial charge in [0.25, 0.3) is 5.56 Å². The fourth-order valence-electron chi connectivity index (χ4n) is 1.77. The number of rotatable bonds is 3. The van der Waals surface area contributed by atoms with Crippen molar-refractivity contribution in [3.63, 3.8) is 0 Å². The molecule has 1 aromatic heterocycles. The molecule has 0 radical (unpaired) electrons. The van der Waals surface area contributed by atoms with Crippen molar-refractivity contribution in [2.45, 2.75) is 19.8 Å². The maximum Gasteiger partial charge on any atom is 0.294 e. The van der Waals surface area contributed by atoms with E-state index in [9.17, 15) is 4.79 Å². The molecule has 0 aliphatic rings. The van der Waals surface area contributed by atoms with Gasteiger partial charge in [-0.05, 0) is 24.6 Å². The Hall–Kier alpha value is -1.39. The summed E-state index contributed by atoms with van der Waals surface area (Å²) in [5.74, 6) is 0. The number of benzene rings is 1. The van der Waals surface area contributed by atoms with Crippen LogP contribution in [0.2, 0.25) is 10.0 Å². The van der Waals surface area contributed by atoms with Gasteiger partial charge in [0.15, 0.2) is 0 Å². The zero-order valence-electron chi connectivity index (χ0n) is 9.84. The van der Waals surface area contributed by atoms with E-state index in [0.29, 0.717) is 15.7 Å². The number of H-pyrrole nitrogens is 1. The monoisotopic (exact) mass is 285 g/mol. The predicted octanol–water partition coefficient (Wildman–Crippen LogP) is 3.01. The van der Waals surface area contributed by atoms with Gasteiger partial charge in [0.2, 0.25) is 0 Å². The van der Waals surface area contributed by atoms with Crippen LogP contribution in [-0.4, -0.2) is 9.78 Å². The first kappa shape index (κ1) is 13.1. The van der Waals surface area contributed by atoms with Gasteiger partial charge < -0.3 is 5.73 Å². The van der Waals surface area contributed by atoms with Gasteiger partial charge in [-0.2, -0.15) is 0 Å². The summed E-state index contributed by atoms with van der Waals surface area (Å²) in [5, 5.41) is 3.89. The summed E-state index contributed by atoms with van der Waals surface area (Å²) in [6.45, 7) is 2.02. The third-order valence-corrected chi connectivity index (χ3v) is 3.19. The van der Waals surface area contributed by atoms with Gasteiger partial charge in [0.05, 0.1) is 16.4 Å². The fraction of sp³-hybridized carbons (Fsp3) is 0.250. The second-order valence-corrected chi connectivity index (χ2v) is 4.83. The normalized spacial score (nSPS) is 10.8. The maximum absolute atomic E-state index is 12.0. The van der Waals surface area contributed by atoms with Crippen molar-refractivity contribution in [1.29, 1.82) is 0 Å². The standard InChI is InChI=1S/C12H13Cl2N3O/c1-2-3-9-11(15)12(18)17(16-9)10-5-4-7(13)6-8(10)14/h4-6,16H,2-3,15H2,1H3. The Kier molecular flexibility index (Phi) is 3.68. The molecule has 0 spiro atoms. The SMILES string of the molecule is CCCc1[nH]n(-c2ccc(Cl)cc2Cl)c(=O)c1N. The highest BCUT2D eigenvalue weighted by atomic mass is 35.5. The van der Waals surface area contributed by atoms with E-state index in [1.807, 2.05) is 6.92 Å². The quantitative estimate of drug-likeness (QED) is 0.911. The molecule has 6 heteroatoms. The van der Waals surface area contributed by atoms with E-state index in [2.05, 4.69) is 5.10 Å². The van der Waals surface area contributed by atoms with E-state index in [1.54, 1.807) is 18.2 Å². The molecule has 0 amide bonds. The molecule has 96 valence electrons. The third kappa shape index (κ3) is 2.26. The predicted molar refractivity (Wildman–Crippen MR) is 74.8 cm³/mol. The van der Waals surface area contributed by atoms with Crippen LogP contribution in [0.1, 0.15) is 19.0 Å². The number of hydrogen-bond donors (Lipinski definition) is 2. The molecular weight excluding hydrogens is 273 g/mol. The minimum Gasteiger partial charge on any atom is -0.393 e. The lowest BCUT2D eigenvalue weighted by Crippen LogP contribution is -2.16. The van der Waals surface area contributed by atoms with Crippen LogP contribution >= 0.6 is 23.2 Å². The molecule has 18 heavy (non-hydrogen) atoms. The number of hydrogen-bond acceptors (Lipinski definition) is 2. The lowest BCUT2D eigenvalue weighted by Gasteiger charge is -2.04. The topological polar surface area (TPSA) is 63.8 Å². The lowest BCUT2D eigenvalue weighted by molar-refractivity contribution is 0.794. The summed E-state index contributed by atoms with van der Waals surface area (Å²) < 4.78 is 1.35. The second-order valence-electron chi connectivity index (χ2n) is 3.99. The number of aromatic amines is 1.